The number of hydrogen-bond donors (Lipinski definition) is 2. The fourth-order valence-electron chi connectivity index (χ4n) is 3.96. The van der Waals surface area contributed by atoms with Crippen molar-refractivity contribution < 1.29 is 13.2 Å². The molecule has 1 atom stereocenters. The van der Waals surface area contributed by atoms with E-state index in [4.69, 9.17) is 4.74 Å². The normalized spacial score (nSPS) is 23.7. The highest BCUT2D eigenvalue weighted by Gasteiger charge is 2.33. The number of aliphatic imine (C=N–C) groups is 1. The Hall–Kier alpha value is -0.130. The predicted octanol–water partition coefficient (Wildman–Crippen LogP) is 1.65. The second-order valence-electron chi connectivity index (χ2n) is 7.53. The number of ether oxygens (including phenoxy) is 1. The van der Waals surface area contributed by atoms with Crippen molar-refractivity contribution in [3.05, 3.63) is 0 Å². The van der Waals surface area contributed by atoms with Crippen molar-refractivity contribution in [2.24, 2.45) is 16.3 Å². The molecule has 9 heteroatoms. The summed E-state index contributed by atoms with van der Waals surface area (Å²) in [5, 5.41) is 6.84. The van der Waals surface area contributed by atoms with Crippen LogP contribution in [0.4, 0.5) is 0 Å². The SMILES string of the molecule is CN=C(NCC1CCN(S(C)(=O)=O)C1)NCC1(CCOC)CCCC1.I. The highest BCUT2D eigenvalue weighted by molar-refractivity contribution is 14.0. The Bertz CT molecular complexity index is 550. The maximum atomic E-state index is 11.6. The Balaban J connectivity index is 0.00000338. The zero-order valence-electron chi connectivity index (χ0n) is 16.3. The van der Waals surface area contributed by atoms with Gasteiger partial charge in [-0.1, -0.05) is 12.8 Å². The lowest BCUT2D eigenvalue weighted by atomic mass is 9.83. The summed E-state index contributed by atoms with van der Waals surface area (Å²) in [5.41, 5.74) is 0.314. The molecule has 1 aliphatic carbocycles. The average Bonchev–Trinajstić information content (AvgIpc) is 3.23. The number of nitrogens with one attached hydrogen (secondary N) is 2. The van der Waals surface area contributed by atoms with Gasteiger partial charge in [-0.2, -0.15) is 0 Å². The van der Waals surface area contributed by atoms with Crippen molar-refractivity contribution in [3.63, 3.8) is 0 Å². The van der Waals surface area contributed by atoms with Gasteiger partial charge in [-0.3, -0.25) is 4.99 Å². The maximum absolute atomic E-state index is 11.6. The van der Waals surface area contributed by atoms with E-state index >= 15 is 0 Å². The molecule has 0 amide bonds. The lowest BCUT2D eigenvalue weighted by Gasteiger charge is -2.30. The minimum atomic E-state index is -3.07. The first-order valence-electron chi connectivity index (χ1n) is 9.27. The fraction of sp³-hybridized carbons (Fsp3) is 0.941. The second kappa shape index (κ2) is 11.0. The van der Waals surface area contributed by atoms with Crippen LogP contribution >= 0.6 is 24.0 Å². The molecule has 0 aromatic heterocycles. The van der Waals surface area contributed by atoms with E-state index in [1.54, 1.807) is 18.5 Å². The first-order chi connectivity index (χ1) is 11.9. The minimum absolute atomic E-state index is 0. The van der Waals surface area contributed by atoms with Crippen molar-refractivity contribution in [2.75, 3.05) is 53.2 Å². The van der Waals surface area contributed by atoms with E-state index in [2.05, 4.69) is 15.6 Å². The van der Waals surface area contributed by atoms with Crippen molar-refractivity contribution in [3.8, 4) is 0 Å². The van der Waals surface area contributed by atoms with Crippen LogP contribution in [0.15, 0.2) is 4.99 Å². The first-order valence-corrected chi connectivity index (χ1v) is 11.1. The average molecular weight is 502 g/mol. The Morgan fingerprint density at radius 2 is 2.00 bits per heavy atom. The largest absolute Gasteiger partial charge is 0.385 e. The van der Waals surface area contributed by atoms with Crippen molar-refractivity contribution >= 4 is 40.0 Å². The maximum Gasteiger partial charge on any atom is 0.211 e. The molecule has 2 rings (SSSR count). The van der Waals surface area contributed by atoms with E-state index < -0.39 is 10.0 Å². The monoisotopic (exact) mass is 502 g/mol. The summed E-state index contributed by atoms with van der Waals surface area (Å²) < 4.78 is 30.1. The van der Waals surface area contributed by atoms with Gasteiger partial charge in [0.15, 0.2) is 5.96 Å². The summed E-state index contributed by atoms with van der Waals surface area (Å²) in [7, 11) is 0.473. The van der Waals surface area contributed by atoms with Crippen LogP contribution in [0.5, 0.6) is 0 Å². The number of guanidine groups is 1. The molecule has 1 saturated heterocycles. The number of hydrogen-bond acceptors (Lipinski definition) is 4. The number of nitrogens with zero attached hydrogens (tertiary/aromatic N) is 2. The number of halogens is 1. The van der Waals surface area contributed by atoms with E-state index in [9.17, 15) is 8.42 Å². The summed E-state index contributed by atoms with van der Waals surface area (Å²) in [6, 6.07) is 0. The Morgan fingerprint density at radius 3 is 2.54 bits per heavy atom. The smallest absolute Gasteiger partial charge is 0.211 e. The Kier molecular flexibility index (Phi) is 10.1. The summed E-state index contributed by atoms with van der Waals surface area (Å²) in [6.45, 7) is 3.68. The van der Waals surface area contributed by atoms with Gasteiger partial charge in [0.25, 0.3) is 0 Å². The van der Waals surface area contributed by atoms with Crippen molar-refractivity contribution in [1.29, 1.82) is 0 Å². The number of methoxy groups -OCH3 is 1. The van der Waals surface area contributed by atoms with E-state index in [1.165, 1.54) is 31.9 Å². The lowest BCUT2D eigenvalue weighted by molar-refractivity contribution is 0.138. The van der Waals surface area contributed by atoms with Crippen LogP contribution in [-0.4, -0.2) is 71.9 Å². The third-order valence-electron chi connectivity index (χ3n) is 5.63. The van der Waals surface area contributed by atoms with Crippen molar-refractivity contribution in [1.82, 2.24) is 14.9 Å². The highest BCUT2D eigenvalue weighted by Crippen LogP contribution is 2.40. The van der Waals surface area contributed by atoms with E-state index in [0.717, 1.165) is 38.5 Å². The number of sulfonamides is 1. The molecular weight excluding hydrogens is 467 g/mol. The molecule has 1 aliphatic heterocycles. The van der Waals surface area contributed by atoms with Crippen LogP contribution in [0.3, 0.4) is 0 Å². The fourth-order valence-corrected chi connectivity index (χ4v) is 4.88. The van der Waals surface area contributed by atoms with Gasteiger partial charge < -0.3 is 15.4 Å². The molecule has 154 valence electrons. The van der Waals surface area contributed by atoms with Gasteiger partial charge in [0.05, 0.1) is 6.26 Å². The van der Waals surface area contributed by atoms with Gasteiger partial charge in [0.2, 0.25) is 10.0 Å². The van der Waals surface area contributed by atoms with Gasteiger partial charge in [-0.15, -0.1) is 24.0 Å². The van der Waals surface area contributed by atoms with Gasteiger partial charge in [0.1, 0.15) is 0 Å². The number of rotatable bonds is 8. The topological polar surface area (TPSA) is 83.0 Å². The third kappa shape index (κ3) is 7.12. The van der Waals surface area contributed by atoms with Crippen LogP contribution in [0, 0.1) is 11.3 Å². The molecule has 1 unspecified atom stereocenters. The predicted molar refractivity (Wildman–Crippen MR) is 117 cm³/mol. The Labute approximate surface area is 175 Å². The molecular formula is C17H35IN4O3S. The second-order valence-corrected chi connectivity index (χ2v) is 9.51. The van der Waals surface area contributed by atoms with Crippen molar-refractivity contribution in [2.45, 2.75) is 38.5 Å². The molecule has 2 N–H and O–H groups in total. The molecule has 2 aliphatic rings. The van der Waals surface area contributed by atoms with Crippen LogP contribution in [0.25, 0.3) is 0 Å². The summed E-state index contributed by atoms with van der Waals surface area (Å²) in [5.74, 6) is 1.14. The van der Waals surface area contributed by atoms with Gasteiger partial charge >= 0.3 is 0 Å². The van der Waals surface area contributed by atoms with Crippen LogP contribution in [0.2, 0.25) is 0 Å². The molecule has 0 spiro atoms. The van der Waals surface area contributed by atoms with E-state index in [-0.39, 0.29) is 24.0 Å². The van der Waals surface area contributed by atoms with Crippen LogP contribution < -0.4 is 10.6 Å². The van der Waals surface area contributed by atoms with Gasteiger partial charge in [-0.25, -0.2) is 12.7 Å². The van der Waals surface area contributed by atoms with E-state index in [0.29, 0.717) is 24.4 Å². The molecule has 1 saturated carbocycles. The molecule has 1 heterocycles. The molecule has 7 nitrogen and oxygen atoms in total. The lowest BCUT2D eigenvalue weighted by Crippen LogP contribution is -2.45. The Morgan fingerprint density at radius 1 is 1.31 bits per heavy atom. The van der Waals surface area contributed by atoms with Gasteiger partial charge in [0, 0.05) is 46.9 Å². The molecule has 0 aromatic carbocycles. The summed E-state index contributed by atoms with van der Waals surface area (Å²) in [4.78, 5) is 4.32. The molecule has 0 bridgehead atoms. The first kappa shape index (κ1) is 23.9. The van der Waals surface area contributed by atoms with Crippen LogP contribution in [-0.2, 0) is 14.8 Å². The zero-order chi connectivity index (χ0) is 18.3. The quantitative estimate of drug-likeness (QED) is 0.300. The summed E-state index contributed by atoms with van der Waals surface area (Å²) in [6.07, 6.45) is 8.33. The standard InChI is InChI=1S/C17H34N4O3S.HI/c1-18-16(19-12-15-6-10-21(13-15)25(3,22)23)20-14-17(9-11-24-2)7-4-5-8-17;/h15H,4-14H2,1-3H3,(H2,18,19,20);1H. The molecule has 0 radical (unpaired) electrons. The minimum Gasteiger partial charge on any atom is -0.385 e. The van der Waals surface area contributed by atoms with Crippen LogP contribution in [0.1, 0.15) is 38.5 Å². The molecule has 26 heavy (non-hydrogen) atoms. The molecule has 2 fully saturated rings. The van der Waals surface area contributed by atoms with Gasteiger partial charge in [-0.05, 0) is 37.0 Å². The summed E-state index contributed by atoms with van der Waals surface area (Å²) >= 11 is 0. The zero-order valence-corrected chi connectivity index (χ0v) is 19.4. The third-order valence-corrected chi connectivity index (χ3v) is 6.90. The van der Waals surface area contributed by atoms with E-state index in [1.807, 2.05) is 0 Å². The highest BCUT2D eigenvalue weighted by atomic mass is 127. The molecule has 0 aromatic rings.